The number of aromatic nitrogens is 1. The topological polar surface area (TPSA) is 89.1 Å². The highest BCUT2D eigenvalue weighted by atomic mass is 16.5. The molecule has 0 aliphatic carbocycles. The van der Waals surface area contributed by atoms with Crippen molar-refractivity contribution in [2.45, 2.75) is 0 Å². The molecule has 0 saturated carbocycles. The molecule has 13 heavy (non-hydrogen) atoms. The van der Waals surface area contributed by atoms with Gasteiger partial charge < -0.3 is 15.9 Å². The Kier molecular flexibility index (Phi) is 2.59. The van der Waals surface area contributed by atoms with Crippen LogP contribution < -0.4 is 5.73 Å². The van der Waals surface area contributed by atoms with E-state index in [9.17, 15) is 4.79 Å². The van der Waals surface area contributed by atoms with Gasteiger partial charge in [-0.3, -0.25) is 0 Å². The number of nitrogens with zero attached hydrogens (tertiary/aromatic N) is 1. The lowest BCUT2D eigenvalue weighted by Crippen LogP contribution is -2.08. The molecule has 5 heteroatoms. The van der Waals surface area contributed by atoms with Crippen molar-refractivity contribution in [1.29, 1.82) is 5.41 Å². The van der Waals surface area contributed by atoms with Crippen LogP contribution in [0.5, 0.6) is 0 Å². The summed E-state index contributed by atoms with van der Waals surface area (Å²) in [5, 5.41) is 7.04. The zero-order chi connectivity index (χ0) is 9.84. The van der Waals surface area contributed by atoms with E-state index >= 15 is 0 Å². The van der Waals surface area contributed by atoms with Crippen LogP contribution in [-0.4, -0.2) is 24.3 Å². The third kappa shape index (κ3) is 1.64. The number of ether oxygens (including phenoxy) is 1. The second kappa shape index (κ2) is 3.66. The number of anilines is 1. The second-order valence-corrected chi connectivity index (χ2v) is 2.29. The number of hydrogen-bond donors (Lipinski definition) is 2. The predicted octanol–water partition coefficient (Wildman–Crippen LogP) is 0.694. The van der Waals surface area contributed by atoms with Crippen LogP contribution in [0.15, 0.2) is 12.3 Å². The van der Waals surface area contributed by atoms with Gasteiger partial charge in [0.1, 0.15) is 5.82 Å². The van der Waals surface area contributed by atoms with Gasteiger partial charge in [-0.25, -0.2) is 9.78 Å². The lowest BCUT2D eigenvalue weighted by molar-refractivity contribution is 0.0600. The zero-order valence-electron chi connectivity index (χ0n) is 7.07. The summed E-state index contributed by atoms with van der Waals surface area (Å²) in [7, 11) is 1.27. The fourth-order valence-corrected chi connectivity index (χ4v) is 0.929. The van der Waals surface area contributed by atoms with Crippen LogP contribution in [0.2, 0.25) is 0 Å². The fraction of sp³-hybridized carbons (Fsp3) is 0.125. The minimum atomic E-state index is -0.521. The summed E-state index contributed by atoms with van der Waals surface area (Å²) in [5.74, 6) is -0.370. The number of carbonyl (C=O) groups is 1. The molecule has 0 atom stereocenters. The van der Waals surface area contributed by atoms with Crippen molar-refractivity contribution in [1.82, 2.24) is 4.98 Å². The molecule has 0 aliphatic heterocycles. The van der Waals surface area contributed by atoms with E-state index in [4.69, 9.17) is 11.1 Å². The smallest absolute Gasteiger partial charge is 0.338 e. The number of rotatable bonds is 2. The summed E-state index contributed by atoms with van der Waals surface area (Å²) >= 11 is 0. The molecule has 0 unspecified atom stereocenters. The molecule has 1 rings (SSSR count). The predicted molar refractivity (Wildman–Crippen MR) is 50.0 cm³/mol. The van der Waals surface area contributed by atoms with E-state index in [-0.39, 0.29) is 18.4 Å². The number of hydrogen-bond acceptors (Lipinski definition) is 5. The number of nitrogen functional groups attached to an aromatic ring is 1. The van der Waals surface area contributed by atoms with E-state index in [0.29, 0.717) is 0 Å². The SMILES string of the molecule is COC(=O)c1ccnc(N)c1C=N.[HH]. The highest BCUT2D eigenvalue weighted by Gasteiger charge is 2.12. The van der Waals surface area contributed by atoms with Gasteiger partial charge in [0.25, 0.3) is 0 Å². The molecule has 5 nitrogen and oxygen atoms in total. The van der Waals surface area contributed by atoms with Gasteiger partial charge in [0.05, 0.1) is 12.7 Å². The van der Waals surface area contributed by atoms with Gasteiger partial charge in [0.15, 0.2) is 0 Å². The normalized spacial score (nSPS) is 9.31. The van der Waals surface area contributed by atoms with E-state index in [0.717, 1.165) is 6.21 Å². The second-order valence-electron chi connectivity index (χ2n) is 2.29. The van der Waals surface area contributed by atoms with Gasteiger partial charge in [0.2, 0.25) is 0 Å². The van der Waals surface area contributed by atoms with Gasteiger partial charge in [-0.2, -0.15) is 0 Å². The number of esters is 1. The maximum Gasteiger partial charge on any atom is 0.338 e. The Hall–Kier alpha value is -1.91. The Balaban J connectivity index is 0.00000169. The summed E-state index contributed by atoms with van der Waals surface area (Å²) in [6.45, 7) is 0. The largest absolute Gasteiger partial charge is 0.465 e. The average molecular weight is 181 g/mol. The first-order valence-corrected chi connectivity index (χ1v) is 3.54. The Labute approximate surface area is 76.5 Å². The van der Waals surface area contributed by atoms with Crippen LogP contribution in [0.3, 0.4) is 0 Å². The lowest BCUT2D eigenvalue weighted by atomic mass is 10.1. The first kappa shape index (κ1) is 9.18. The first-order valence-electron chi connectivity index (χ1n) is 3.54. The van der Waals surface area contributed by atoms with Crippen LogP contribution in [0.1, 0.15) is 17.3 Å². The summed E-state index contributed by atoms with van der Waals surface area (Å²) in [6, 6.07) is 1.46. The van der Waals surface area contributed by atoms with Crippen molar-refractivity contribution in [3.8, 4) is 0 Å². The van der Waals surface area contributed by atoms with Crippen molar-refractivity contribution < 1.29 is 11.0 Å². The number of nitrogens with one attached hydrogen (secondary N) is 1. The fourth-order valence-electron chi connectivity index (χ4n) is 0.929. The van der Waals surface area contributed by atoms with Crippen LogP contribution >= 0.6 is 0 Å². The lowest BCUT2D eigenvalue weighted by Gasteiger charge is -2.04. The van der Waals surface area contributed by atoms with E-state index in [1.165, 1.54) is 19.4 Å². The van der Waals surface area contributed by atoms with Gasteiger partial charge in [-0.15, -0.1) is 0 Å². The standard InChI is InChI=1S/C8H9N3O2.H2/c1-13-8(12)5-2-3-11-7(10)6(5)4-9;/h2-4,9H,1H3,(H2,10,11);1H. The first-order chi connectivity index (χ1) is 6.20. The van der Waals surface area contributed by atoms with Gasteiger partial charge in [-0.1, -0.05) is 0 Å². The summed E-state index contributed by atoms with van der Waals surface area (Å²) < 4.78 is 4.51. The monoisotopic (exact) mass is 181 g/mol. The summed E-state index contributed by atoms with van der Waals surface area (Å²) in [6.07, 6.45) is 2.38. The molecular weight excluding hydrogens is 170 g/mol. The number of carbonyl (C=O) groups excluding carboxylic acids is 1. The average Bonchev–Trinajstić information content (AvgIpc) is 2.16. The zero-order valence-corrected chi connectivity index (χ0v) is 7.07. The van der Waals surface area contributed by atoms with E-state index in [1.807, 2.05) is 0 Å². The maximum atomic E-state index is 11.1. The minimum absolute atomic E-state index is 0. The molecule has 1 aromatic heterocycles. The number of nitrogens with two attached hydrogens (primary N) is 1. The third-order valence-electron chi connectivity index (χ3n) is 1.57. The van der Waals surface area contributed by atoms with Crippen molar-refractivity contribution in [3.05, 3.63) is 23.4 Å². The highest BCUT2D eigenvalue weighted by molar-refractivity contribution is 6.01. The molecule has 3 N–H and O–H groups in total. The quantitative estimate of drug-likeness (QED) is 0.519. The van der Waals surface area contributed by atoms with Crippen molar-refractivity contribution in [3.63, 3.8) is 0 Å². The van der Waals surface area contributed by atoms with Gasteiger partial charge in [0, 0.05) is 19.4 Å². The Morgan fingerprint density at radius 3 is 3.08 bits per heavy atom. The van der Waals surface area contributed by atoms with Gasteiger partial charge in [-0.05, 0) is 6.07 Å². The van der Waals surface area contributed by atoms with Crippen LogP contribution in [0, 0.1) is 5.41 Å². The molecule has 0 aliphatic rings. The molecule has 70 valence electrons. The van der Waals surface area contributed by atoms with Crippen LogP contribution in [0.25, 0.3) is 0 Å². The molecule has 0 fully saturated rings. The van der Waals surface area contributed by atoms with Gasteiger partial charge >= 0.3 is 5.97 Å². The maximum absolute atomic E-state index is 11.1. The summed E-state index contributed by atoms with van der Waals surface area (Å²) in [4.78, 5) is 14.9. The Bertz CT molecular complexity index is 354. The Morgan fingerprint density at radius 1 is 1.85 bits per heavy atom. The van der Waals surface area contributed by atoms with Crippen molar-refractivity contribution in [2.75, 3.05) is 12.8 Å². The summed E-state index contributed by atoms with van der Waals surface area (Å²) in [5.41, 5.74) is 6.00. The number of methoxy groups -OCH3 is 1. The van der Waals surface area contributed by atoms with E-state index in [2.05, 4.69) is 9.72 Å². The third-order valence-corrected chi connectivity index (χ3v) is 1.57. The molecule has 0 saturated heterocycles. The van der Waals surface area contributed by atoms with Crippen LogP contribution in [-0.2, 0) is 4.74 Å². The molecule has 0 bridgehead atoms. The van der Waals surface area contributed by atoms with E-state index < -0.39 is 5.97 Å². The molecule has 1 heterocycles. The number of pyridine rings is 1. The molecular formula is C8H11N3O2. The minimum Gasteiger partial charge on any atom is -0.465 e. The molecule has 1 aromatic rings. The Morgan fingerprint density at radius 2 is 2.54 bits per heavy atom. The molecule has 0 aromatic carbocycles. The van der Waals surface area contributed by atoms with Crippen LogP contribution in [0.4, 0.5) is 5.82 Å². The molecule has 0 radical (unpaired) electrons. The van der Waals surface area contributed by atoms with Crippen molar-refractivity contribution >= 4 is 18.0 Å². The van der Waals surface area contributed by atoms with Crippen molar-refractivity contribution in [2.24, 2.45) is 0 Å². The molecule has 0 amide bonds. The molecule has 0 spiro atoms. The van der Waals surface area contributed by atoms with E-state index in [1.54, 1.807) is 0 Å². The highest BCUT2D eigenvalue weighted by Crippen LogP contribution is 2.12.